The zero-order chi connectivity index (χ0) is 15.9. The van der Waals surface area contributed by atoms with Gasteiger partial charge in [0.05, 0.1) is 0 Å². The number of amides is 1. The third kappa shape index (κ3) is 8.27. The molecule has 2 unspecified atom stereocenters. The van der Waals surface area contributed by atoms with Crippen LogP contribution in [0, 0.1) is 5.92 Å². The van der Waals surface area contributed by atoms with Crippen LogP contribution in [0.5, 0.6) is 0 Å². The van der Waals surface area contributed by atoms with Crippen LogP contribution in [0.4, 0.5) is 4.79 Å². The van der Waals surface area contributed by atoms with Crippen molar-refractivity contribution in [2.75, 3.05) is 33.7 Å². The minimum Gasteiger partial charge on any atom is -0.444 e. The number of likely N-dealkylation sites (N-methyl/N-ethyl adjacent to an activating group) is 1. The maximum atomic E-state index is 11.8. The maximum absolute atomic E-state index is 11.8. The molecule has 0 heterocycles. The van der Waals surface area contributed by atoms with Crippen LogP contribution in [0.3, 0.4) is 0 Å². The van der Waals surface area contributed by atoms with E-state index in [1.165, 1.54) is 25.7 Å². The van der Waals surface area contributed by atoms with Gasteiger partial charge < -0.3 is 20.3 Å². The van der Waals surface area contributed by atoms with Crippen molar-refractivity contribution >= 4 is 6.09 Å². The van der Waals surface area contributed by atoms with Crippen LogP contribution in [-0.4, -0.2) is 56.4 Å². The lowest BCUT2D eigenvalue weighted by Gasteiger charge is -2.33. The molecule has 1 fully saturated rings. The topological polar surface area (TPSA) is 53.6 Å². The van der Waals surface area contributed by atoms with Gasteiger partial charge in [-0.25, -0.2) is 4.79 Å². The lowest BCUT2D eigenvalue weighted by atomic mass is 9.84. The number of hydrogen-bond donors (Lipinski definition) is 2. The van der Waals surface area contributed by atoms with Crippen LogP contribution in [0.25, 0.3) is 0 Å². The van der Waals surface area contributed by atoms with E-state index in [2.05, 4.69) is 29.6 Å². The minimum absolute atomic E-state index is 0.305. The predicted molar refractivity (Wildman–Crippen MR) is 86.5 cm³/mol. The molecule has 5 nitrogen and oxygen atoms in total. The Kier molecular flexibility index (Phi) is 7.46. The van der Waals surface area contributed by atoms with E-state index in [0.717, 1.165) is 13.1 Å². The first-order valence-electron chi connectivity index (χ1n) is 8.13. The van der Waals surface area contributed by atoms with Gasteiger partial charge in [-0.15, -0.1) is 0 Å². The molecule has 0 aromatic rings. The lowest BCUT2D eigenvalue weighted by molar-refractivity contribution is 0.0510. The van der Waals surface area contributed by atoms with Gasteiger partial charge in [0.2, 0.25) is 0 Å². The van der Waals surface area contributed by atoms with E-state index < -0.39 is 5.60 Å². The summed E-state index contributed by atoms with van der Waals surface area (Å²) in [5, 5.41) is 6.57. The van der Waals surface area contributed by atoms with Crippen molar-refractivity contribution in [1.29, 1.82) is 0 Å². The Morgan fingerprint density at radius 2 is 1.90 bits per heavy atom. The summed E-state index contributed by atoms with van der Waals surface area (Å²) < 4.78 is 5.30. The van der Waals surface area contributed by atoms with Gasteiger partial charge >= 0.3 is 6.09 Å². The number of hydrogen-bond acceptors (Lipinski definition) is 4. The lowest BCUT2D eigenvalue weighted by Crippen LogP contribution is -2.46. The van der Waals surface area contributed by atoms with Crippen LogP contribution in [-0.2, 0) is 4.74 Å². The van der Waals surface area contributed by atoms with Crippen LogP contribution < -0.4 is 10.6 Å². The highest BCUT2D eigenvalue weighted by Gasteiger charge is 2.25. The fraction of sp³-hybridized carbons (Fsp3) is 0.938. The average molecular weight is 299 g/mol. The van der Waals surface area contributed by atoms with Crippen molar-refractivity contribution in [1.82, 2.24) is 15.5 Å². The van der Waals surface area contributed by atoms with Crippen molar-refractivity contribution in [3.63, 3.8) is 0 Å². The molecule has 1 saturated carbocycles. The summed E-state index contributed by atoms with van der Waals surface area (Å²) >= 11 is 0. The van der Waals surface area contributed by atoms with Gasteiger partial charge in [0.15, 0.2) is 0 Å². The van der Waals surface area contributed by atoms with Crippen molar-refractivity contribution < 1.29 is 9.53 Å². The van der Waals surface area contributed by atoms with Gasteiger partial charge in [-0.3, -0.25) is 0 Å². The third-order valence-electron chi connectivity index (χ3n) is 3.78. The van der Waals surface area contributed by atoms with Crippen LogP contribution in [0.15, 0.2) is 0 Å². The summed E-state index contributed by atoms with van der Waals surface area (Å²) in [6, 6.07) is 0.508. The fourth-order valence-corrected chi connectivity index (χ4v) is 2.72. The second-order valence-corrected chi connectivity index (χ2v) is 7.29. The predicted octanol–water partition coefficient (Wildman–Crippen LogP) is 2.22. The molecule has 2 N–H and O–H groups in total. The number of ether oxygens (including phenoxy) is 1. The van der Waals surface area contributed by atoms with E-state index in [-0.39, 0.29) is 6.09 Å². The number of carbonyl (C=O) groups is 1. The number of nitrogens with one attached hydrogen (secondary N) is 2. The molecule has 1 rings (SSSR count). The molecule has 5 heteroatoms. The van der Waals surface area contributed by atoms with Gasteiger partial charge in [0.1, 0.15) is 5.60 Å². The van der Waals surface area contributed by atoms with Gasteiger partial charge in [0.25, 0.3) is 0 Å². The molecular weight excluding hydrogens is 266 g/mol. The standard InChI is InChI=1S/C16H33N3O2/c1-16(2,3)21-15(20)18-12-13-8-6-7-9-14(13)17-10-11-19(4)5/h13-14,17H,6-12H2,1-5H3,(H,18,20). The molecular formula is C16H33N3O2. The normalized spacial score (nSPS) is 23.1. The van der Waals surface area contributed by atoms with Gasteiger partial charge in [-0.2, -0.15) is 0 Å². The van der Waals surface area contributed by atoms with Crippen molar-refractivity contribution in [3.8, 4) is 0 Å². The molecule has 1 aliphatic carbocycles. The quantitative estimate of drug-likeness (QED) is 0.789. The maximum Gasteiger partial charge on any atom is 0.407 e. The highest BCUT2D eigenvalue weighted by Crippen LogP contribution is 2.24. The van der Waals surface area contributed by atoms with Crippen molar-refractivity contribution in [3.05, 3.63) is 0 Å². The summed E-state index contributed by atoms with van der Waals surface area (Å²) in [5.74, 6) is 0.508. The van der Waals surface area contributed by atoms with Gasteiger partial charge in [-0.05, 0) is 53.6 Å². The molecule has 0 radical (unpaired) electrons. The summed E-state index contributed by atoms with van der Waals surface area (Å²) in [5.41, 5.74) is -0.431. The second-order valence-electron chi connectivity index (χ2n) is 7.29. The van der Waals surface area contributed by atoms with Crippen molar-refractivity contribution in [2.24, 2.45) is 5.92 Å². The SMILES string of the molecule is CN(C)CCNC1CCCCC1CNC(=O)OC(C)(C)C. The Morgan fingerprint density at radius 3 is 2.52 bits per heavy atom. The Hall–Kier alpha value is -0.810. The largest absolute Gasteiger partial charge is 0.444 e. The zero-order valence-corrected chi connectivity index (χ0v) is 14.4. The monoisotopic (exact) mass is 299 g/mol. The molecule has 2 atom stereocenters. The number of carbonyl (C=O) groups excluding carboxylic acids is 1. The molecule has 124 valence electrons. The summed E-state index contributed by atoms with van der Waals surface area (Å²) in [6.07, 6.45) is 4.61. The van der Waals surface area contributed by atoms with E-state index in [0.29, 0.717) is 18.5 Å². The van der Waals surface area contributed by atoms with Gasteiger partial charge in [-0.1, -0.05) is 12.8 Å². The summed E-state index contributed by atoms with van der Waals surface area (Å²) in [6.45, 7) is 8.41. The van der Waals surface area contributed by atoms with E-state index in [1.807, 2.05) is 20.8 Å². The summed E-state index contributed by atoms with van der Waals surface area (Å²) in [7, 11) is 4.17. The van der Waals surface area contributed by atoms with Crippen LogP contribution in [0.2, 0.25) is 0 Å². The minimum atomic E-state index is -0.431. The number of nitrogens with zero attached hydrogens (tertiary/aromatic N) is 1. The molecule has 1 amide bonds. The smallest absolute Gasteiger partial charge is 0.407 e. The Labute approximate surface area is 129 Å². The fourth-order valence-electron chi connectivity index (χ4n) is 2.72. The first-order chi connectivity index (χ1) is 9.78. The highest BCUT2D eigenvalue weighted by molar-refractivity contribution is 5.67. The molecule has 0 bridgehead atoms. The molecule has 0 aliphatic heterocycles. The Morgan fingerprint density at radius 1 is 1.24 bits per heavy atom. The van der Waals surface area contributed by atoms with E-state index in [9.17, 15) is 4.79 Å². The average Bonchev–Trinajstić information content (AvgIpc) is 2.35. The van der Waals surface area contributed by atoms with E-state index in [1.54, 1.807) is 0 Å². The molecule has 0 saturated heterocycles. The summed E-state index contributed by atoms with van der Waals surface area (Å²) in [4.78, 5) is 13.9. The van der Waals surface area contributed by atoms with Crippen LogP contribution in [0.1, 0.15) is 46.5 Å². The van der Waals surface area contributed by atoms with E-state index >= 15 is 0 Å². The second kappa shape index (κ2) is 8.59. The first-order valence-corrected chi connectivity index (χ1v) is 8.13. The first kappa shape index (κ1) is 18.2. The zero-order valence-electron chi connectivity index (χ0n) is 14.4. The molecule has 21 heavy (non-hydrogen) atoms. The van der Waals surface area contributed by atoms with E-state index in [4.69, 9.17) is 4.74 Å². The Bertz CT molecular complexity index is 313. The molecule has 1 aliphatic rings. The molecule has 0 aromatic carbocycles. The molecule has 0 aromatic heterocycles. The van der Waals surface area contributed by atoms with Gasteiger partial charge in [0, 0.05) is 25.7 Å². The number of rotatable bonds is 6. The number of alkyl carbamates (subject to hydrolysis) is 1. The highest BCUT2D eigenvalue weighted by atomic mass is 16.6. The van der Waals surface area contributed by atoms with Crippen LogP contribution >= 0.6 is 0 Å². The Balaban J connectivity index is 2.34. The third-order valence-corrected chi connectivity index (χ3v) is 3.78. The molecule has 0 spiro atoms. The van der Waals surface area contributed by atoms with Crippen molar-refractivity contribution in [2.45, 2.75) is 58.1 Å².